The zero-order valence-electron chi connectivity index (χ0n) is 14.2. The van der Waals surface area contributed by atoms with Gasteiger partial charge in [0.15, 0.2) is 11.5 Å². The molecule has 25 heavy (non-hydrogen) atoms. The van der Waals surface area contributed by atoms with Crippen LogP contribution < -0.4 is 9.47 Å². The van der Waals surface area contributed by atoms with E-state index >= 15 is 0 Å². The molecule has 0 saturated carbocycles. The monoisotopic (exact) mass is 408 g/mol. The highest BCUT2D eigenvalue weighted by Gasteiger charge is 2.19. The smallest absolute Gasteiger partial charge is 0.269 e. The molecular formula is C18H21BrN2O4. The van der Waals surface area contributed by atoms with E-state index in [0.717, 1.165) is 43.1 Å². The molecular weight excluding hydrogens is 388 g/mol. The number of hydrogen-bond donors (Lipinski definition) is 0. The summed E-state index contributed by atoms with van der Waals surface area (Å²) in [5, 5.41) is 10.7. The van der Waals surface area contributed by atoms with Crippen molar-refractivity contribution in [1.29, 1.82) is 0 Å². The Bertz CT molecular complexity index is 749. The van der Waals surface area contributed by atoms with Crippen LogP contribution in [-0.4, -0.2) is 30.6 Å². The molecule has 0 saturated heterocycles. The van der Waals surface area contributed by atoms with E-state index in [2.05, 4.69) is 11.0 Å². The molecule has 2 aromatic carbocycles. The Morgan fingerprint density at radius 2 is 1.68 bits per heavy atom. The normalized spacial score (nSPS) is 13.5. The summed E-state index contributed by atoms with van der Waals surface area (Å²) in [5.74, 6) is 1.51. The molecule has 0 N–H and O–H groups in total. The highest BCUT2D eigenvalue weighted by molar-refractivity contribution is 8.93. The molecule has 0 bridgehead atoms. The number of halogens is 1. The second kappa shape index (κ2) is 8.31. The van der Waals surface area contributed by atoms with Gasteiger partial charge in [0, 0.05) is 31.8 Å². The first-order chi connectivity index (χ1) is 11.6. The Hall–Kier alpha value is -2.12. The van der Waals surface area contributed by atoms with Gasteiger partial charge < -0.3 is 9.47 Å². The second-order valence-corrected chi connectivity index (χ2v) is 5.86. The first-order valence-corrected chi connectivity index (χ1v) is 7.80. The van der Waals surface area contributed by atoms with Crippen molar-refractivity contribution in [2.75, 3.05) is 20.8 Å². The lowest BCUT2D eigenvalue weighted by Gasteiger charge is -2.29. The van der Waals surface area contributed by atoms with Crippen LogP contribution in [-0.2, 0) is 19.5 Å². The summed E-state index contributed by atoms with van der Waals surface area (Å²) in [6.07, 6.45) is 0.947. The van der Waals surface area contributed by atoms with Gasteiger partial charge in [-0.05, 0) is 35.2 Å². The van der Waals surface area contributed by atoms with Crippen molar-refractivity contribution in [3.8, 4) is 11.5 Å². The zero-order chi connectivity index (χ0) is 17.1. The van der Waals surface area contributed by atoms with Crippen molar-refractivity contribution in [3.63, 3.8) is 0 Å². The van der Waals surface area contributed by atoms with Crippen LogP contribution >= 0.6 is 17.0 Å². The van der Waals surface area contributed by atoms with Gasteiger partial charge in [-0.3, -0.25) is 15.0 Å². The van der Waals surface area contributed by atoms with Crippen LogP contribution in [0.2, 0.25) is 0 Å². The summed E-state index contributed by atoms with van der Waals surface area (Å²) in [5.41, 5.74) is 3.72. The summed E-state index contributed by atoms with van der Waals surface area (Å²) in [7, 11) is 3.29. The van der Waals surface area contributed by atoms with Crippen LogP contribution in [0.3, 0.4) is 0 Å². The highest BCUT2D eigenvalue weighted by atomic mass is 79.9. The maximum Gasteiger partial charge on any atom is 0.269 e. The van der Waals surface area contributed by atoms with E-state index in [4.69, 9.17) is 9.47 Å². The molecule has 2 aromatic rings. The average Bonchev–Trinajstić information content (AvgIpc) is 2.60. The standard InChI is InChI=1S/C18H20N2O4.BrH/c1-23-17-9-14-7-8-19(12-15(14)10-18(17)24-2)11-13-3-5-16(6-4-13)20(21)22;/h3-6,9-10H,7-8,11-12H2,1-2H3;1H. The SMILES string of the molecule is Br.COc1cc2c(cc1OC)CN(Cc1ccc([N+](=O)[O-])cc1)CC2. The number of nitro benzene ring substituents is 1. The molecule has 0 atom stereocenters. The molecule has 1 heterocycles. The van der Waals surface area contributed by atoms with Crippen molar-refractivity contribution in [1.82, 2.24) is 4.90 Å². The topological polar surface area (TPSA) is 64.8 Å². The minimum atomic E-state index is -0.374. The minimum absolute atomic E-state index is 0. The van der Waals surface area contributed by atoms with Crippen molar-refractivity contribution < 1.29 is 14.4 Å². The van der Waals surface area contributed by atoms with E-state index in [-0.39, 0.29) is 27.6 Å². The number of methoxy groups -OCH3 is 2. The molecule has 3 rings (SSSR count). The van der Waals surface area contributed by atoms with Crippen LogP contribution in [0, 0.1) is 10.1 Å². The first kappa shape index (κ1) is 19.2. The third-order valence-corrected chi connectivity index (χ3v) is 4.35. The van der Waals surface area contributed by atoms with Gasteiger partial charge in [0.05, 0.1) is 19.1 Å². The Morgan fingerprint density at radius 3 is 2.24 bits per heavy atom. The van der Waals surface area contributed by atoms with E-state index in [9.17, 15) is 10.1 Å². The largest absolute Gasteiger partial charge is 0.493 e. The number of nitro groups is 1. The van der Waals surface area contributed by atoms with Gasteiger partial charge in [0.2, 0.25) is 0 Å². The molecule has 0 unspecified atom stereocenters. The molecule has 0 aliphatic carbocycles. The lowest BCUT2D eigenvalue weighted by Crippen LogP contribution is -2.30. The van der Waals surface area contributed by atoms with Gasteiger partial charge in [-0.25, -0.2) is 0 Å². The fourth-order valence-corrected chi connectivity index (χ4v) is 3.06. The van der Waals surface area contributed by atoms with Gasteiger partial charge >= 0.3 is 0 Å². The first-order valence-electron chi connectivity index (χ1n) is 7.80. The van der Waals surface area contributed by atoms with Crippen LogP contribution in [0.4, 0.5) is 5.69 Å². The maximum atomic E-state index is 10.7. The molecule has 0 amide bonds. The number of benzene rings is 2. The number of nitrogens with zero attached hydrogens (tertiary/aromatic N) is 2. The fraction of sp³-hybridized carbons (Fsp3) is 0.333. The lowest BCUT2D eigenvalue weighted by atomic mass is 9.98. The third kappa shape index (κ3) is 4.29. The van der Waals surface area contributed by atoms with E-state index < -0.39 is 0 Å². The molecule has 0 radical (unpaired) electrons. The maximum absolute atomic E-state index is 10.7. The van der Waals surface area contributed by atoms with Crippen LogP contribution in [0.25, 0.3) is 0 Å². The fourth-order valence-electron chi connectivity index (χ4n) is 3.06. The Kier molecular flexibility index (Phi) is 6.39. The van der Waals surface area contributed by atoms with Crippen molar-refractivity contribution >= 4 is 22.7 Å². The third-order valence-electron chi connectivity index (χ3n) is 4.35. The molecule has 1 aliphatic heterocycles. The summed E-state index contributed by atoms with van der Waals surface area (Å²) < 4.78 is 10.7. The quantitative estimate of drug-likeness (QED) is 0.556. The predicted octanol–water partition coefficient (Wildman–Crippen LogP) is 3.75. The molecule has 1 aliphatic rings. The summed E-state index contributed by atoms with van der Waals surface area (Å²) >= 11 is 0. The minimum Gasteiger partial charge on any atom is -0.493 e. The van der Waals surface area contributed by atoms with Crippen LogP contribution in [0.5, 0.6) is 11.5 Å². The highest BCUT2D eigenvalue weighted by Crippen LogP contribution is 2.33. The van der Waals surface area contributed by atoms with E-state index in [1.807, 2.05) is 18.2 Å². The lowest BCUT2D eigenvalue weighted by molar-refractivity contribution is -0.384. The van der Waals surface area contributed by atoms with Gasteiger partial charge in [-0.1, -0.05) is 12.1 Å². The van der Waals surface area contributed by atoms with Gasteiger partial charge in [-0.2, -0.15) is 0 Å². The predicted molar refractivity (Wildman–Crippen MR) is 101 cm³/mol. The molecule has 0 fully saturated rings. The average molecular weight is 409 g/mol. The molecule has 134 valence electrons. The van der Waals surface area contributed by atoms with E-state index in [1.165, 1.54) is 11.1 Å². The second-order valence-electron chi connectivity index (χ2n) is 5.86. The van der Waals surface area contributed by atoms with Crippen molar-refractivity contribution in [2.45, 2.75) is 19.5 Å². The number of rotatable bonds is 5. The van der Waals surface area contributed by atoms with Crippen molar-refractivity contribution in [2.24, 2.45) is 0 Å². The molecule has 7 heteroatoms. The van der Waals surface area contributed by atoms with Crippen LogP contribution in [0.15, 0.2) is 36.4 Å². The summed E-state index contributed by atoms with van der Waals surface area (Å²) in [4.78, 5) is 12.7. The van der Waals surface area contributed by atoms with Gasteiger partial charge in [0.25, 0.3) is 5.69 Å². The Labute approximate surface area is 157 Å². The van der Waals surface area contributed by atoms with Crippen LogP contribution in [0.1, 0.15) is 16.7 Å². The van der Waals surface area contributed by atoms with Crippen molar-refractivity contribution in [3.05, 3.63) is 63.2 Å². The Balaban J connectivity index is 0.00000225. The van der Waals surface area contributed by atoms with Gasteiger partial charge in [0.1, 0.15) is 0 Å². The summed E-state index contributed by atoms with van der Waals surface area (Å²) in [6, 6.07) is 10.8. The number of fused-ring (bicyclic) bond motifs is 1. The number of hydrogen-bond acceptors (Lipinski definition) is 5. The van der Waals surface area contributed by atoms with E-state index in [1.54, 1.807) is 26.4 Å². The molecule has 6 nitrogen and oxygen atoms in total. The number of non-ortho nitro benzene ring substituents is 1. The molecule has 0 spiro atoms. The molecule has 0 aromatic heterocycles. The number of ether oxygens (including phenoxy) is 2. The zero-order valence-corrected chi connectivity index (χ0v) is 15.9. The van der Waals surface area contributed by atoms with Gasteiger partial charge in [-0.15, -0.1) is 17.0 Å². The van der Waals surface area contributed by atoms with E-state index in [0.29, 0.717) is 0 Å². The Morgan fingerprint density at radius 1 is 1.08 bits per heavy atom. The summed E-state index contributed by atoms with van der Waals surface area (Å²) in [6.45, 7) is 2.54.